The van der Waals surface area contributed by atoms with Gasteiger partial charge < -0.3 is 20.3 Å². The van der Waals surface area contributed by atoms with E-state index in [0.717, 1.165) is 0 Å². The average molecular weight is 159 g/mol. The van der Waals surface area contributed by atoms with E-state index < -0.39 is 18.1 Å². The molecule has 3 N–H and O–H groups in total. The van der Waals surface area contributed by atoms with E-state index in [1.807, 2.05) is 0 Å². The van der Waals surface area contributed by atoms with Gasteiger partial charge in [0.25, 0.3) is 0 Å². The highest BCUT2D eigenvalue weighted by molar-refractivity contribution is 5.86. The number of carbonyl (C=O) groups excluding carboxylic acids is 1. The van der Waals surface area contributed by atoms with E-state index in [2.05, 4.69) is 5.32 Å². The van der Waals surface area contributed by atoms with Crippen molar-refractivity contribution < 1.29 is 19.7 Å². The van der Waals surface area contributed by atoms with E-state index in [1.54, 1.807) is 0 Å². The molecule has 11 heavy (non-hydrogen) atoms. The van der Waals surface area contributed by atoms with E-state index in [0.29, 0.717) is 0 Å². The maximum absolute atomic E-state index is 10.8. The number of amides is 1. The van der Waals surface area contributed by atoms with Crippen molar-refractivity contribution in [2.75, 3.05) is 6.61 Å². The van der Waals surface area contributed by atoms with Crippen molar-refractivity contribution in [1.82, 2.24) is 5.32 Å². The first kappa shape index (κ1) is 7.02. The molecule has 0 bridgehead atoms. The molecule has 5 heteroatoms. The molecule has 2 heterocycles. The third-order valence-corrected chi connectivity index (χ3v) is 2.12. The molecule has 2 fully saturated rings. The molecule has 2 aliphatic heterocycles. The number of aliphatic hydroxyl groups excluding tert-OH is 2. The highest BCUT2D eigenvalue weighted by Crippen LogP contribution is 2.26. The van der Waals surface area contributed by atoms with Gasteiger partial charge in [0, 0.05) is 0 Å². The predicted molar refractivity (Wildman–Crippen MR) is 33.4 cm³/mol. The zero-order valence-corrected chi connectivity index (χ0v) is 5.73. The molecule has 5 nitrogen and oxygen atoms in total. The topological polar surface area (TPSA) is 78.8 Å². The van der Waals surface area contributed by atoms with E-state index in [1.165, 1.54) is 0 Å². The van der Waals surface area contributed by atoms with Crippen molar-refractivity contribution >= 4 is 5.91 Å². The van der Waals surface area contributed by atoms with Crippen LogP contribution in [0.25, 0.3) is 0 Å². The minimum atomic E-state index is -0.970. The Bertz CT molecular complexity index is 195. The fraction of sp³-hybridized carbons (Fsp3) is 0.833. The number of rotatable bonds is 0. The quantitative estimate of drug-likeness (QED) is 0.351. The normalized spacial score (nSPS) is 49.1. The summed E-state index contributed by atoms with van der Waals surface area (Å²) in [5.41, 5.74) is 0. The Morgan fingerprint density at radius 2 is 2.27 bits per heavy atom. The van der Waals surface area contributed by atoms with Crippen LogP contribution < -0.4 is 5.32 Å². The maximum Gasteiger partial charge on any atom is 0.232 e. The highest BCUT2D eigenvalue weighted by atomic mass is 16.5. The molecule has 0 aromatic heterocycles. The van der Waals surface area contributed by atoms with Crippen LogP contribution in [0.1, 0.15) is 0 Å². The summed E-state index contributed by atoms with van der Waals surface area (Å²) < 4.78 is 4.99. The first-order valence-corrected chi connectivity index (χ1v) is 3.48. The fourth-order valence-electron chi connectivity index (χ4n) is 1.39. The summed E-state index contributed by atoms with van der Waals surface area (Å²) in [6, 6.07) is 0. The second-order valence-corrected chi connectivity index (χ2v) is 2.85. The lowest BCUT2D eigenvalue weighted by atomic mass is 9.87. The molecule has 0 unspecified atom stereocenters. The van der Waals surface area contributed by atoms with Crippen molar-refractivity contribution in [3.05, 3.63) is 0 Å². The van der Waals surface area contributed by atoms with E-state index in [9.17, 15) is 9.90 Å². The molecule has 2 rings (SSSR count). The smallest absolute Gasteiger partial charge is 0.232 e. The first-order chi connectivity index (χ1) is 5.20. The second kappa shape index (κ2) is 2.17. The van der Waals surface area contributed by atoms with Crippen LogP contribution in [-0.4, -0.2) is 41.2 Å². The minimum absolute atomic E-state index is 0.0859. The van der Waals surface area contributed by atoms with Gasteiger partial charge in [0.15, 0.2) is 0 Å². The van der Waals surface area contributed by atoms with Crippen molar-refractivity contribution in [2.24, 2.45) is 5.92 Å². The molecule has 2 saturated heterocycles. The van der Waals surface area contributed by atoms with Crippen LogP contribution in [0.5, 0.6) is 0 Å². The minimum Gasteiger partial charge on any atom is -0.389 e. The molecule has 0 radical (unpaired) electrons. The Balaban J connectivity index is 2.10. The van der Waals surface area contributed by atoms with Crippen LogP contribution in [0.15, 0.2) is 0 Å². The van der Waals surface area contributed by atoms with Crippen LogP contribution in [0.2, 0.25) is 0 Å². The molecule has 0 aliphatic carbocycles. The van der Waals surface area contributed by atoms with Gasteiger partial charge in [-0.15, -0.1) is 0 Å². The number of aliphatic hydroxyl groups is 2. The predicted octanol–water partition coefficient (Wildman–Crippen LogP) is -2.19. The summed E-state index contributed by atoms with van der Waals surface area (Å²) >= 11 is 0. The van der Waals surface area contributed by atoms with Gasteiger partial charge in [-0.05, 0) is 0 Å². The summed E-state index contributed by atoms with van der Waals surface area (Å²) in [6.07, 6.45) is -2.29. The van der Waals surface area contributed by atoms with Gasteiger partial charge in [0.05, 0.1) is 12.7 Å². The molecular formula is C6H9NO4. The molecular weight excluding hydrogens is 150 g/mol. The van der Waals surface area contributed by atoms with Crippen molar-refractivity contribution in [1.29, 1.82) is 0 Å². The molecule has 0 aromatic rings. The third-order valence-electron chi connectivity index (χ3n) is 2.12. The SMILES string of the molecule is O=C1N[C@@H]2OC[C@@H](O)[C@@H](O)[C@H]12. The summed E-state index contributed by atoms with van der Waals surface area (Å²) in [4.78, 5) is 10.8. The summed E-state index contributed by atoms with van der Waals surface area (Å²) in [5, 5.41) is 20.8. The number of nitrogens with one attached hydrogen (secondary N) is 1. The fourth-order valence-corrected chi connectivity index (χ4v) is 1.39. The molecule has 2 aliphatic rings. The van der Waals surface area contributed by atoms with Gasteiger partial charge in [-0.3, -0.25) is 4.79 Å². The van der Waals surface area contributed by atoms with Gasteiger partial charge in [0.2, 0.25) is 5.91 Å². The first-order valence-electron chi connectivity index (χ1n) is 3.48. The van der Waals surface area contributed by atoms with Crippen LogP contribution in [0.3, 0.4) is 0 Å². The summed E-state index contributed by atoms with van der Waals surface area (Å²) in [7, 11) is 0. The van der Waals surface area contributed by atoms with Crippen LogP contribution in [-0.2, 0) is 9.53 Å². The Labute approximate surface area is 63.0 Å². The number of fused-ring (bicyclic) bond motifs is 1. The lowest BCUT2D eigenvalue weighted by Gasteiger charge is -2.44. The van der Waals surface area contributed by atoms with Crippen LogP contribution >= 0.6 is 0 Å². The maximum atomic E-state index is 10.8. The Morgan fingerprint density at radius 3 is 2.82 bits per heavy atom. The molecule has 62 valence electrons. The average Bonchev–Trinajstić information content (AvgIpc) is 1.94. The number of ether oxygens (including phenoxy) is 1. The highest BCUT2D eigenvalue weighted by Gasteiger charge is 2.50. The van der Waals surface area contributed by atoms with Crippen LogP contribution in [0, 0.1) is 5.92 Å². The standard InChI is InChI=1S/C6H9NO4/c8-2-1-11-6-3(4(2)9)5(10)7-6/h2-4,6,8-9H,1H2,(H,7,10)/t2-,3-,4-,6-/m1/s1. The number of β-lactam (4-membered cyclic amide) rings is 1. The number of hydrogen-bond acceptors (Lipinski definition) is 4. The van der Waals surface area contributed by atoms with Gasteiger partial charge >= 0.3 is 0 Å². The second-order valence-electron chi connectivity index (χ2n) is 2.85. The number of carbonyl (C=O) groups is 1. The van der Waals surface area contributed by atoms with E-state index >= 15 is 0 Å². The van der Waals surface area contributed by atoms with E-state index in [-0.39, 0.29) is 18.7 Å². The van der Waals surface area contributed by atoms with Gasteiger partial charge in [-0.1, -0.05) is 0 Å². The summed E-state index contributed by atoms with van der Waals surface area (Å²) in [5.74, 6) is -0.819. The van der Waals surface area contributed by atoms with Crippen molar-refractivity contribution in [3.8, 4) is 0 Å². The lowest BCUT2D eigenvalue weighted by Crippen LogP contribution is -2.69. The largest absolute Gasteiger partial charge is 0.389 e. The van der Waals surface area contributed by atoms with Gasteiger partial charge in [-0.25, -0.2) is 0 Å². The van der Waals surface area contributed by atoms with Crippen molar-refractivity contribution in [3.63, 3.8) is 0 Å². The molecule has 0 aromatic carbocycles. The van der Waals surface area contributed by atoms with Gasteiger partial charge in [-0.2, -0.15) is 0 Å². The van der Waals surface area contributed by atoms with E-state index in [4.69, 9.17) is 9.84 Å². The zero-order valence-electron chi connectivity index (χ0n) is 5.73. The lowest BCUT2D eigenvalue weighted by molar-refractivity contribution is -0.205. The molecule has 0 spiro atoms. The Hall–Kier alpha value is -0.650. The van der Waals surface area contributed by atoms with Gasteiger partial charge in [0.1, 0.15) is 18.2 Å². The Kier molecular flexibility index (Phi) is 1.38. The van der Waals surface area contributed by atoms with Crippen LogP contribution in [0.4, 0.5) is 0 Å². The molecule has 4 atom stereocenters. The third kappa shape index (κ3) is 0.852. The molecule has 0 saturated carbocycles. The monoisotopic (exact) mass is 159 g/mol. The molecule has 1 amide bonds. The van der Waals surface area contributed by atoms with Crippen molar-refractivity contribution in [2.45, 2.75) is 18.4 Å². The summed E-state index contributed by atoms with van der Waals surface area (Å²) in [6.45, 7) is 0.0859. The number of hydrogen-bond donors (Lipinski definition) is 3. The Morgan fingerprint density at radius 1 is 1.55 bits per heavy atom. The zero-order chi connectivity index (χ0) is 8.01.